The summed E-state index contributed by atoms with van der Waals surface area (Å²) in [5.74, 6) is 2.39. The third-order valence-electron chi connectivity index (χ3n) is 2.65. The predicted octanol–water partition coefficient (Wildman–Crippen LogP) is 4.14. The van der Waals surface area contributed by atoms with Crippen molar-refractivity contribution >= 4 is 24.0 Å². The van der Waals surface area contributed by atoms with E-state index in [4.69, 9.17) is 20.8 Å². The van der Waals surface area contributed by atoms with Gasteiger partial charge in [-0.2, -0.15) is 0 Å². The molecule has 0 bridgehead atoms. The van der Waals surface area contributed by atoms with Crippen molar-refractivity contribution in [2.45, 2.75) is 13.5 Å². The number of nitrogens with one attached hydrogen (secondary N) is 1. The zero-order valence-electron chi connectivity index (χ0n) is 10.9. The van der Waals surface area contributed by atoms with E-state index < -0.39 is 0 Å². The minimum atomic E-state index is 0. The summed E-state index contributed by atoms with van der Waals surface area (Å²) in [5, 5.41) is 3.80. The molecule has 1 heterocycles. The third-order valence-corrected chi connectivity index (χ3v) is 2.94. The second-order valence-corrected chi connectivity index (χ2v) is 4.30. The van der Waals surface area contributed by atoms with Gasteiger partial charge in [-0.05, 0) is 36.9 Å². The van der Waals surface area contributed by atoms with Crippen LogP contribution in [0, 0.1) is 0 Å². The fraction of sp³-hybridized carbons (Fsp3) is 0.286. The molecule has 0 atom stereocenters. The molecule has 1 aromatic heterocycles. The zero-order valence-corrected chi connectivity index (χ0v) is 12.5. The predicted molar refractivity (Wildman–Crippen MR) is 80.3 cm³/mol. The van der Waals surface area contributed by atoms with Crippen molar-refractivity contribution in [3.8, 4) is 17.1 Å². The second kappa shape index (κ2) is 7.43. The molecule has 0 unspecified atom stereocenters. The van der Waals surface area contributed by atoms with E-state index in [9.17, 15) is 0 Å². The van der Waals surface area contributed by atoms with Gasteiger partial charge in [0.05, 0.1) is 18.7 Å². The van der Waals surface area contributed by atoms with Crippen molar-refractivity contribution in [2.75, 3.05) is 13.7 Å². The number of hydrogen-bond donors (Lipinski definition) is 1. The van der Waals surface area contributed by atoms with Gasteiger partial charge in [-0.25, -0.2) is 0 Å². The normalized spacial score (nSPS) is 10.1. The summed E-state index contributed by atoms with van der Waals surface area (Å²) < 4.78 is 10.9. The minimum absolute atomic E-state index is 0. The van der Waals surface area contributed by atoms with Crippen LogP contribution >= 0.6 is 24.0 Å². The van der Waals surface area contributed by atoms with Crippen LogP contribution in [0.15, 0.2) is 34.7 Å². The highest BCUT2D eigenvalue weighted by atomic mass is 35.5. The summed E-state index contributed by atoms with van der Waals surface area (Å²) in [4.78, 5) is 0. The molecule has 0 radical (unpaired) electrons. The third kappa shape index (κ3) is 3.90. The molecule has 0 aliphatic rings. The Hall–Kier alpha value is -1.16. The lowest BCUT2D eigenvalue weighted by Crippen LogP contribution is -2.10. The topological polar surface area (TPSA) is 34.4 Å². The maximum atomic E-state index is 6.09. The molecule has 0 amide bonds. The largest absolute Gasteiger partial charge is 0.495 e. The Morgan fingerprint density at radius 2 is 2.05 bits per heavy atom. The van der Waals surface area contributed by atoms with Crippen LogP contribution < -0.4 is 10.1 Å². The van der Waals surface area contributed by atoms with Gasteiger partial charge in [0.15, 0.2) is 0 Å². The van der Waals surface area contributed by atoms with Gasteiger partial charge < -0.3 is 14.5 Å². The van der Waals surface area contributed by atoms with Crippen LogP contribution in [0.2, 0.25) is 5.02 Å². The Morgan fingerprint density at radius 1 is 1.26 bits per heavy atom. The Morgan fingerprint density at radius 3 is 2.68 bits per heavy atom. The highest BCUT2D eigenvalue weighted by Gasteiger charge is 2.07. The molecule has 1 aromatic carbocycles. The van der Waals surface area contributed by atoms with Crippen molar-refractivity contribution in [2.24, 2.45) is 0 Å². The van der Waals surface area contributed by atoms with Gasteiger partial charge in [0.1, 0.15) is 17.3 Å². The molecule has 0 saturated carbocycles. The fourth-order valence-electron chi connectivity index (χ4n) is 1.70. The number of benzene rings is 1. The van der Waals surface area contributed by atoms with E-state index in [1.165, 1.54) is 0 Å². The molecule has 1 N–H and O–H groups in total. The first-order valence-electron chi connectivity index (χ1n) is 5.88. The van der Waals surface area contributed by atoms with Gasteiger partial charge in [-0.1, -0.05) is 18.5 Å². The molecule has 2 rings (SSSR count). The Bertz CT molecular complexity index is 526. The van der Waals surface area contributed by atoms with Crippen LogP contribution in [0.5, 0.6) is 5.75 Å². The molecule has 104 valence electrons. The first-order valence-corrected chi connectivity index (χ1v) is 6.25. The molecule has 3 nitrogen and oxygen atoms in total. The summed E-state index contributed by atoms with van der Waals surface area (Å²) in [7, 11) is 1.60. The van der Waals surface area contributed by atoms with Crippen molar-refractivity contribution in [3.05, 3.63) is 41.1 Å². The maximum absolute atomic E-state index is 6.09. The lowest BCUT2D eigenvalue weighted by Gasteiger charge is -2.04. The molecule has 0 fully saturated rings. The Labute approximate surface area is 124 Å². The first kappa shape index (κ1) is 15.9. The van der Waals surface area contributed by atoms with E-state index >= 15 is 0 Å². The van der Waals surface area contributed by atoms with Gasteiger partial charge in [0.2, 0.25) is 0 Å². The molecule has 0 aliphatic carbocycles. The number of hydrogen-bond acceptors (Lipinski definition) is 3. The molecule has 19 heavy (non-hydrogen) atoms. The zero-order chi connectivity index (χ0) is 13.0. The summed E-state index contributed by atoms with van der Waals surface area (Å²) in [6.07, 6.45) is 0. The number of ether oxygens (including phenoxy) is 1. The van der Waals surface area contributed by atoms with E-state index in [0.717, 1.165) is 30.2 Å². The van der Waals surface area contributed by atoms with Gasteiger partial charge in [0, 0.05) is 5.56 Å². The standard InChI is InChI=1S/C14H16ClNO2.ClH/c1-3-16-9-11-5-7-13(18-11)10-4-6-14(17-2)12(15)8-10;/h4-8,16H,3,9H2,1-2H3;1H. The SMILES string of the molecule is CCNCc1ccc(-c2ccc(OC)c(Cl)c2)o1.Cl. The van der Waals surface area contributed by atoms with Crippen molar-refractivity contribution in [3.63, 3.8) is 0 Å². The highest BCUT2D eigenvalue weighted by Crippen LogP contribution is 2.30. The number of rotatable bonds is 5. The van der Waals surface area contributed by atoms with E-state index in [1.54, 1.807) is 7.11 Å². The van der Waals surface area contributed by atoms with Crippen molar-refractivity contribution in [1.29, 1.82) is 0 Å². The average molecular weight is 302 g/mol. The number of methoxy groups -OCH3 is 1. The minimum Gasteiger partial charge on any atom is -0.495 e. The van der Waals surface area contributed by atoms with Crippen LogP contribution in [0.4, 0.5) is 0 Å². The second-order valence-electron chi connectivity index (χ2n) is 3.90. The molecular formula is C14H17Cl2NO2. The molecule has 2 aromatic rings. The summed E-state index contributed by atoms with van der Waals surface area (Å²) in [6, 6.07) is 9.53. The molecule has 0 saturated heterocycles. The molecule has 5 heteroatoms. The highest BCUT2D eigenvalue weighted by molar-refractivity contribution is 6.32. The molecular weight excluding hydrogens is 285 g/mol. The van der Waals surface area contributed by atoms with Crippen LogP contribution in [0.3, 0.4) is 0 Å². The number of halogens is 2. The molecule has 0 spiro atoms. The molecule has 0 aliphatic heterocycles. The Kier molecular flexibility index (Phi) is 6.22. The maximum Gasteiger partial charge on any atom is 0.137 e. The van der Waals surface area contributed by atoms with Crippen LogP contribution in [-0.2, 0) is 6.54 Å². The summed E-state index contributed by atoms with van der Waals surface area (Å²) >= 11 is 6.09. The van der Waals surface area contributed by atoms with Crippen LogP contribution in [0.25, 0.3) is 11.3 Å². The summed E-state index contributed by atoms with van der Waals surface area (Å²) in [5.41, 5.74) is 0.948. The van der Waals surface area contributed by atoms with Crippen molar-refractivity contribution in [1.82, 2.24) is 5.32 Å². The number of furan rings is 1. The van der Waals surface area contributed by atoms with Crippen LogP contribution in [-0.4, -0.2) is 13.7 Å². The smallest absolute Gasteiger partial charge is 0.137 e. The first-order chi connectivity index (χ1) is 8.74. The monoisotopic (exact) mass is 301 g/mol. The van der Waals surface area contributed by atoms with Gasteiger partial charge >= 0.3 is 0 Å². The van der Waals surface area contributed by atoms with E-state index in [2.05, 4.69) is 12.2 Å². The van der Waals surface area contributed by atoms with E-state index in [-0.39, 0.29) is 12.4 Å². The quantitative estimate of drug-likeness (QED) is 0.901. The van der Waals surface area contributed by atoms with E-state index in [1.807, 2.05) is 30.3 Å². The van der Waals surface area contributed by atoms with Gasteiger partial charge in [-0.15, -0.1) is 12.4 Å². The lowest BCUT2D eigenvalue weighted by molar-refractivity contribution is 0.415. The van der Waals surface area contributed by atoms with Gasteiger partial charge in [-0.3, -0.25) is 0 Å². The lowest BCUT2D eigenvalue weighted by atomic mass is 10.2. The fourth-order valence-corrected chi connectivity index (χ4v) is 1.95. The van der Waals surface area contributed by atoms with Crippen molar-refractivity contribution < 1.29 is 9.15 Å². The van der Waals surface area contributed by atoms with E-state index in [0.29, 0.717) is 10.8 Å². The summed E-state index contributed by atoms with van der Waals surface area (Å²) in [6.45, 7) is 3.72. The average Bonchev–Trinajstić information content (AvgIpc) is 2.85. The van der Waals surface area contributed by atoms with Gasteiger partial charge in [0.25, 0.3) is 0 Å². The Balaban J connectivity index is 0.00000180. The van der Waals surface area contributed by atoms with Crippen LogP contribution in [0.1, 0.15) is 12.7 Å².